The van der Waals surface area contributed by atoms with Gasteiger partial charge in [0.1, 0.15) is 0 Å². The normalized spacial score (nSPS) is 14.5. The average molecular weight is 346 g/mol. The lowest BCUT2D eigenvalue weighted by atomic mass is 10.0. The zero-order chi connectivity index (χ0) is 17.5. The van der Waals surface area contributed by atoms with Crippen LogP contribution in [0.15, 0.2) is 42.5 Å². The molecule has 0 radical (unpaired) electrons. The number of nitrogens with zero attached hydrogens (tertiary/aromatic N) is 1. The molecule has 0 bridgehead atoms. The van der Waals surface area contributed by atoms with E-state index in [-0.39, 0.29) is 12.7 Å². The van der Waals surface area contributed by atoms with Crippen molar-refractivity contribution in [2.75, 3.05) is 6.79 Å². The molecule has 1 amide bonds. The molecule has 5 nitrogen and oxygen atoms in total. The Morgan fingerprint density at radius 3 is 2.92 bits per heavy atom. The standard InChI is InChI=1S/C21H18N2O3/c24-21(22-11-13-8-9-18-19(10-13)26-12-25-18)20-14-4-1-2-6-16(14)23-17-7-3-5-15(17)20/h1-2,4,6,8-10H,3,5,7,11-12H2,(H,22,24). The second-order valence-electron chi connectivity index (χ2n) is 6.65. The second kappa shape index (κ2) is 6.02. The lowest BCUT2D eigenvalue weighted by Crippen LogP contribution is -2.24. The third-order valence-electron chi connectivity index (χ3n) is 5.04. The summed E-state index contributed by atoms with van der Waals surface area (Å²) in [5, 5.41) is 3.99. The van der Waals surface area contributed by atoms with Crippen LogP contribution >= 0.6 is 0 Å². The van der Waals surface area contributed by atoms with Crippen molar-refractivity contribution < 1.29 is 14.3 Å². The molecule has 2 heterocycles. The molecule has 1 aromatic heterocycles. The zero-order valence-corrected chi connectivity index (χ0v) is 14.2. The van der Waals surface area contributed by atoms with Crippen LogP contribution in [0.5, 0.6) is 11.5 Å². The minimum absolute atomic E-state index is 0.0422. The summed E-state index contributed by atoms with van der Waals surface area (Å²) in [6.45, 7) is 0.696. The summed E-state index contributed by atoms with van der Waals surface area (Å²) in [6.07, 6.45) is 2.92. The Morgan fingerprint density at radius 1 is 1.08 bits per heavy atom. The lowest BCUT2D eigenvalue weighted by Gasteiger charge is -2.13. The van der Waals surface area contributed by atoms with Gasteiger partial charge in [0.25, 0.3) is 5.91 Å². The van der Waals surface area contributed by atoms with Gasteiger partial charge in [-0.15, -0.1) is 0 Å². The first kappa shape index (κ1) is 15.2. The molecular formula is C21H18N2O3. The molecular weight excluding hydrogens is 328 g/mol. The molecule has 0 spiro atoms. The summed E-state index contributed by atoms with van der Waals surface area (Å²) in [6, 6.07) is 13.6. The van der Waals surface area contributed by atoms with Gasteiger partial charge in [0.05, 0.1) is 11.1 Å². The number of amides is 1. The van der Waals surface area contributed by atoms with Gasteiger partial charge in [-0.25, -0.2) is 0 Å². The maximum absolute atomic E-state index is 13.0. The highest BCUT2D eigenvalue weighted by molar-refractivity contribution is 6.07. The summed E-state index contributed by atoms with van der Waals surface area (Å²) in [5.41, 5.74) is 4.83. The van der Waals surface area contributed by atoms with E-state index in [0.717, 1.165) is 64.0 Å². The van der Waals surface area contributed by atoms with Gasteiger partial charge < -0.3 is 14.8 Å². The van der Waals surface area contributed by atoms with E-state index in [1.165, 1.54) is 0 Å². The predicted octanol–water partition coefficient (Wildman–Crippen LogP) is 3.38. The van der Waals surface area contributed by atoms with E-state index in [4.69, 9.17) is 14.5 Å². The van der Waals surface area contributed by atoms with Crippen LogP contribution in [0.4, 0.5) is 0 Å². The molecule has 2 aliphatic rings. The van der Waals surface area contributed by atoms with Crippen molar-refractivity contribution >= 4 is 16.8 Å². The molecule has 26 heavy (non-hydrogen) atoms. The predicted molar refractivity (Wildman–Crippen MR) is 97.5 cm³/mol. The fourth-order valence-electron chi connectivity index (χ4n) is 3.79. The van der Waals surface area contributed by atoms with E-state index in [1.807, 2.05) is 42.5 Å². The lowest BCUT2D eigenvalue weighted by molar-refractivity contribution is 0.0951. The number of carbonyl (C=O) groups excluding carboxylic acids is 1. The highest BCUT2D eigenvalue weighted by Crippen LogP contribution is 2.33. The van der Waals surface area contributed by atoms with Crippen molar-refractivity contribution in [3.63, 3.8) is 0 Å². The minimum Gasteiger partial charge on any atom is -0.454 e. The van der Waals surface area contributed by atoms with Gasteiger partial charge in [0.15, 0.2) is 11.5 Å². The van der Waals surface area contributed by atoms with Gasteiger partial charge in [0, 0.05) is 17.6 Å². The maximum atomic E-state index is 13.0. The van der Waals surface area contributed by atoms with Crippen molar-refractivity contribution in [3.05, 3.63) is 64.8 Å². The number of hydrogen-bond donors (Lipinski definition) is 1. The molecule has 0 unspecified atom stereocenters. The molecule has 130 valence electrons. The van der Waals surface area contributed by atoms with Crippen LogP contribution in [0.25, 0.3) is 10.9 Å². The summed E-state index contributed by atoms with van der Waals surface area (Å²) >= 11 is 0. The van der Waals surface area contributed by atoms with Crippen LogP contribution in [0.3, 0.4) is 0 Å². The smallest absolute Gasteiger partial charge is 0.252 e. The Kier molecular flexibility index (Phi) is 3.52. The summed E-state index contributed by atoms with van der Waals surface area (Å²) in [7, 11) is 0. The second-order valence-corrected chi connectivity index (χ2v) is 6.65. The van der Waals surface area contributed by atoms with Crippen LogP contribution < -0.4 is 14.8 Å². The summed E-state index contributed by atoms with van der Waals surface area (Å²) in [5.74, 6) is 1.43. The number of para-hydroxylation sites is 1. The van der Waals surface area contributed by atoms with Crippen LogP contribution in [-0.4, -0.2) is 17.7 Å². The molecule has 3 aromatic rings. The number of nitrogens with one attached hydrogen (secondary N) is 1. The molecule has 5 rings (SSSR count). The minimum atomic E-state index is -0.0422. The molecule has 1 N–H and O–H groups in total. The molecule has 0 saturated carbocycles. The fourth-order valence-corrected chi connectivity index (χ4v) is 3.79. The molecule has 1 aliphatic heterocycles. The van der Waals surface area contributed by atoms with E-state index in [0.29, 0.717) is 6.54 Å². The quantitative estimate of drug-likeness (QED) is 0.790. The number of carbonyl (C=O) groups is 1. The van der Waals surface area contributed by atoms with E-state index >= 15 is 0 Å². The SMILES string of the molecule is O=C(NCc1ccc2c(c1)OCO2)c1c2c(nc3ccccc13)CCC2. The number of pyridine rings is 1. The van der Waals surface area contributed by atoms with E-state index in [2.05, 4.69) is 5.32 Å². The van der Waals surface area contributed by atoms with Gasteiger partial charge >= 0.3 is 0 Å². The topological polar surface area (TPSA) is 60.5 Å². The molecule has 0 saturated heterocycles. The largest absolute Gasteiger partial charge is 0.454 e. The van der Waals surface area contributed by atoms with Gasteiger partial charge in [-0.2, -0.15) is 0 Å². The number of ether oxygens (including phenoxy) is 2. The van der Waals surface area contributed by atoms with Crippen molar-refractivity contribution in [2.45, 2.75) is 25.8 Å². The van der Waals surface area contributed by atoms with E-state index in [1.54, 1.807) is 0 Å². The Morgan fingerprint density at radius 2 is 1.96 bits per heavy atom. The van der Waals surface area contributed by atoms with Crippen LogP contribution in [0, 0.1) is 0 Å². The summed E-state index contributed by atoms with van der Waals surface area (Å²) < 4.78 is 10.7. The number of rotatable bonds is 3. The Hall–Kier alpha value is -3.08. The Labute approximate surface area is 151 Å². The van der Waals surface area contributed by atoms with Crippen molar-refractivity contribution in [2.24, 2.45) is 0 Å². The highest BCUT2D eigenvalue weighted by Gasteiger charge is 2.23. The maximum Gasteiger partial charge on any atom is 0.252 e. The van der Waals surface area contributed by atoms with Gasteiger partial charge in [-0.05, 0) is 48.6 Å². The molecule has 2 aromatic carbocycles. The first-order chi connectivity index (χ1) is 12.8. The number of fused-ring (bicyclic) bond motifs is 3. The first-order valence-corrected chi connectivity index (χ1v) is 8.87. The van der Waals surface area contributed by atoms with Gasteiger partial charge in [-0.1, -0.05) is 24.3 Å². The number of aryl methyl sites for hydroxylation is 1. The van der Waals surface area contributed by atoms with E-state index < -0.39 is 0 Å². The number of aromatic nitrogens is 1. The third-order valence-corrected chi connectivity index (χ3v) is 5.04. The van der Waals surface area contributed by atoms with Crippen LogP contribution in [0.1, 0.15) is 33.6 Å². The molecule has 5 heteroatoms. The van der Waals surface area contributed by atoms with Crippen molar-refractivity contribution in [1.29, 1.82) is 0 Å². The molecule has 1 aliphatic carbocycles. The number of hydrogen-bond acceptors (Lipinski definition) is 4. The Balaban J connectivity index is 1.45. The monoisotopic (exact) mass is 346 g/mol. The van der Waals surface area contributed by atoms with Crippen molar-refractivity contribution in [1.82, 2.24) is 10.3 Å². The number of benzene rings is 2. The first-order valence-electron chi connectivity index (χ1n) is 8.87. The zero-order valence-electron chi connectivity index (χ0n) is 14.2. The van der Waals surface area contributed by atoms with Gasteiger partial charge in [0.2, 0.25) is 6.79 Å². The molecule has 0 atom stereocenters. The average Bonchev–Trinajstić information content (AvgIpc) is 3.32. The third kappa shape index (κ3) is 2.47. The van der Waals surface area contributed by atoms with Crippen LogP contribution in [0.2, 0.25) is 0 Å². The van der Waals surface area contributed by atoms with Crippen molar-refractivity contribution in [3.8, 4) is 11.5 Å². The van der Waals surface area contributed by atoms with Gasteiger partial charge in [-0.3, -0.25) is 9.78 Å². The molecule has 0 fully saturated rings. The fraction of sp³-hybridized carbons (Fsp3) is 0.238. The highest BCUT2D eigenvalue weighted by atomic mass is 16.7. The Bertz CT molecular complexity index is 1030. The van der Waals surface area contributed by atoms with E-state index in [9.17, 15) is 4.79 Å². The summed E-state index contributed by atoms with van der Waals surface area (Å²) in [4.78, 5) is 17.8. The van der Waals surface area contributed by atoms with Crippen LogP contribution in [-0.2, 0) is 19.4 Å².